The molecular weight excluding hydrogens is 431 g/mol. The van der Waals surface area contributed by atoms with E-state index < -0.39 is 17.3 Å². The summed E-state index contributed by atoms with van der Waals surface area (Å²) < 4.78 is 40.2. The predicted molar refractivity (Wildman–Crippen MR) is 117 cm³/mol. The molecule has 172 valence electrons. The number of hydrogen-bond acceptors (Lipinski definition) is 5. The fourth-order valence-corrected chi connectivity index (χ4v) is 4.71. The minimum atomic E-state index is -4.53. The molecule has 0 aliphatic heterocycles. The third-order valence-electron chi connectivity index (χ3n) is 6.61. The molecule has 6 nitrogen and oxygen atoms in total. The summed E-state index contributed by atoms with van der Waals surface area (Å²) in [5, 5.41) is 7.13. The molecule has 2 saturated carbocycles. The predicted octanol–water partition coefficient (Wildman–Crippen LogP) is 4.61. The molecule has 0 radical (unpaired) electrons. The summed E-state index contributed by atoms with van der Waals surface area (Å²) in [6.07, 6.45) is 4.96. The van der Waals surface area contributed by atoms with Gasteiger partial charge in [-0.05, 0) is 50.7 Å². The van der Waals surface area contributed by atoms with Crippen molar-refractivity contribution in [3.63, 3.8) is 0 Å². The van der Waals surface area contributed by atoms with Gasteiger partial charge in [0.15, 0.2) is 0 Å². The minimum Gasteiger partial charge on any atom is -0.382 e. The molecule has 2 heterocycles. The lowest BCUT2D eigenvalue weighted by Crippen LogP contribution is -2.46. The van der Waals surface area contributed by atoms with E-state index in [9.17, 15) is 18.0 Å². The number of fused-ring (bicyclic) bond motifs is 1. The third kappa shape index (κ3) is 4.36. The molecule has 2 aliphatic rings. The monoisotopic (exact) mass is 455 g/mol. The number of amides is 1. The van der Waals surface area contributed by atoms with E-state index in [0.717, 1.165) is 38.2 Å². The molecule has 3 aromatic rings. The molecule has 0 spiro atoms. The van der Waals surface area contributed by atoms with Crippen molar-refractivity contribution in [1.29, 1.82) is 0 Å². The first kappa shape index (κ1) is 21.6. The number of pyridine rings is 1. The maximum absolute atomic E-state index is 13.4. The van der Waals surface area contributed by atoms with Crippen LogP contribution in [0.25, 0.3) is 10.9 Å². The SMILES string of the molecule is O=C(N[C@@H]1CCC[C@@H](Nc2cc(C(F)(F)F)nc3ccccc23)C1)C1(c2cnccn2)CC1. The van der Waals surface area contributed by atoms with Crippen LogP contribution in [0.2, 0.25) is 0 Å². The fourth-order valence-electron chi connectivity index (χ4n) is 4.71. The minimum absolute atomic E-state index is 0.0395. The normalized spacial score (nSPS) is 22.0. The van der Waals surface area contributed by atoms with Gasteiger partial charge in [0.05, 0.1) is 16.6 Å². The van der Waals surface area contributed by atoms with Crippen molar-refractivity contribution >= 4 is 22.5 Å². The van der Waals surface area contributed by atoms with Gasteiger partial charge in [0, 0.05) is 41.7 Å². The van der Waals surface area contributed by atoms with E-state index in [0.29, 0.717) is 28.7 Å². The molecule has 1 aromatic carbocycles. The Balaban J connectivity index is 1.31. The molecule has 2 atom stereocenters. The summed E-state index contributed by atoms with van der Waals surface area (Å²) >= 11 is 0. The zero-order valence-corrected chi connectivity index (χ0v) is 17.9. The first-order valence-corrected chi connectivity index (χ1v) is 11.2. The Morgan fingerprint density at radius 2 is 1.88 bits per heavy atom. The molecule has 0 bridgehead atoms. The lowest BCUT2D eigenvalue weighted by atomic mass is 9.89. The topological polar surface area (TPSA) is 79.8 Å². The van der Waals surface area contributed by atoms with Crippen molar-refractivity contribution in [3.8, 4) is 0 Å². The number of carbonyl (C=O) groups is 1. The molecule has 33 heavy (non-hydrogen) atoms. The van der Waals surface area contributed by atoms with Gasteiger partial charge in [0.2, 0.25) is 5.91 Å². The highest BCUT2D eigenvalue weighted by atomic mass is 19.4. The van der Waals surface area contributed by atoms with Crippen LogP contribution in [-0.4, -0.2) is 32.9 Å². The number of para-hydroxylation sites is 1. The Bertz CT molecular complexity index is 1160. The van der Waals surface area contributed by atoms with Gasteiger partial charge in [-0.25, -0.2) is 4.98 Å². The van der Waals surface area contributed by atoms with Gasteiger partial charge >= 0.3 is 6.18 Å². The van der Waals surface area contributed by atoms with Gasteiger partial charge in [0.25, 0.3) is 0 Å². The lowest BCUT2D eigenvalue weighted by molar-refractivity contribution is -0.140. The van der Waals surface area contributed by atoms with Crippen LogP contribution >= 0.6 is 0 Å². The van der Waals surface area contributed by atoms with E-state index in [1.54, 1.807) is 42.9 Å². The van der Waals surface area contributed by atoms with Crippen LogP contribution in [0.3, 0.4) is 0 Å². The number of aromatic nitrogens is 3. The van der Waals surface area contributed by atoms with E-state index in [1.165, 1.54) is 0 Å². The Morgan fingerprint density at radius 3 is 2.61 bits per heavy atom. The largest absolute Gasteiger partial charge is 0.433 e. The molecule has 2 fully saturated rings. The van der Waals surface area contributed by atoms with E-state index >= 15 is 0 Å². The average Bonchev–Trinajstić information content (AvgIpc) is 3.62. The Hall–Kier alpha value is -3.23. The van der Waals surface area contributed by atoms with Crippen LogP contribution in [0.5, 0.6) is 0 Å². The van der Waals surface area contributed by atoms with Crippen LogP contribution in [0.1, 0.15) is 49.9 Å². The summed E-state index contributed by atoms with van der Waals surface area (Å²) in [5.41, 5.74) is -0.101. The van der Waals surface area contributed by atoms with Crippen molar-refractivity contribution in [1.82, 2.24) is 20.3 Å². The highest BCUT2D eigenvalue weighted by molar-refractivity contribution is 5.92. The van der Waals surface area contributed by atoms with E-state index in [4.69, 9.17) is 0 Å². The number of nitrogens with zero attached hydrogens (tertiary/aromatic N) is 3. The molecule has 2 aromatic heterocycles. The van der Waals surface area contributed by atoms with Gasteiger partial charge in [-0.1, -0.05) is 18.2 Å². The standard InChI is InChI=1S/C24H24F3N5O/c25-24(26,27)20-13-19(17-6-1-2-7-18(17)32-20)30-15-4-3-5-16(12-15)31-22(33)23(8-9-23)21-14-28-10-11-29-21/h1-2,6-7,10-11,13-16H,3-5,8-9,12H2,(H,30,32)(H,31,33)/t15-,16-/m1/s1. The number of halogens is 3. The smallest absolute Gasteiger partial charge is 0.382 e. The summed E-state index contributed by atoms with van der Waals surface area (Å²) in [7, 11) is 0. The van der Waals surface area contributed by atoms with Crippen molar-refractivity contribution in [2.75, 3.05) is 5.32 Å². The maximum Gasteiger partial charge on any atom is 0.433 e. The number of anilines is 1. The zero-order chi connectivity index (χ0) is 23.1. The summed E-state index contributed by atoms with van der Waals surface area (Å²) in [6, 6.07) is 7.80. The van der Waals surface area contributed by atoms with E-state index in [-0.39, 0.29) is 18.0 Å². The van der Waals surface area contributed by atoms with Crippen LogP contribution in [-0.2, 0) is 16.4 Å². The maximum atomic E-state index is 13.4. The van der Waals surface area contributed by atoms with Crippen molar-refractivity contribution in [2.24, 2.45) is 0 Å². The first-order chi connectivity index (χ1) is 15.8. The molecule has 5 rings (SSSR count). The molecule has 9 heteroatoms. The summed E-state index contributed by atoms with van der Waals surface area (Å²) in [6.45, 7) is 0. The number of nitrogens with one attached hydrogen (secondary N) is 2. The van der Waals surface area contributed by atoms with Crippen LogP contribution in [0.15, 0.2) is 48.9 Å². The number of benzene rings is 1. The highest BCUT2D eigenvalue weighted by Gasteiger charge is 2.53. The second-order valence-electron chi connectivity index (χ2n) is 8.92. The number of alkyl halides is 3. The summed E-state index contributed by atoms with van der Waals surface area (Å²) in [5.74, 6) is -0.0395. The number of rotatable bonds is 5. The molecule has 0 unspecified atom stereocenters. The zero-order valence-electron chi connectivity index (χ0n) is 17.9. The lowest BCUT2D eigenvalue weighted by Gasteiger charge is -2.32. The molecule has 0 saturated heterocycles. The summed E-state index contributed by atoms with van der Waals surface area (Å²) in [4.78, 5) is 25.3. The highest BCUT2D eigenvalue weighted by Crippen LogP contribution is 2.47. The molecular formula is C24H24F3N5O. The van der Waals surface area contributed by atoms with E-state index in [2.05, 4.69) is 25.6 Å². The molecule has 2 N–H and O–H groups in total. The fraction of sp³-hybridized carbons (Fsp3) is 0.417. The van der Waals surface area contributed by atoms with Gasteiger partial charge in [-0.15, -0.1) is 0 Å². The van der Waals surface area contributed by atoms with Gasteiger partial charge in [-0.2, -0.15) is 13.2 Å². The number of carbonyl (C=O) groups excluding carboxylic acids is 1. The van der Waals surface area contributed by atoms with Crippen LogP contribution in [0, 0.1) is 0 Å². The Morgan fingerprint density at radius 1 is 1.09 bits per heavy atom. The second kappa shape index (κ2) is 8.28. The van der Waals surface area contributed by atoms with Gasteiger partial charge < -0.3 is 10.6 Å². The van der Waals surface area contributed by atoms with Crippen molar-refractivity contribution in [2.45, 2.75) is 62.2 Å². The van der Waals surface area contributed by atoms with Gasteiger partial charge in [0.1, 0.15) is 5.69 Å². The first-order valence-electron chi connectivity index (χ1n) is 11.2. The number of hydrogen-bond donors (Lipinski definition) is 2. The van der Waals surface area contributed by atoms with Crippen LogP contribution in [0.4, 0.5) is 18.9 Å². The molecule has 1 amide bonds. The molecule has 2 aliphatic carbocycles. The van der Waals surface area contributed by atoms with Gasteiger partial charge in [-0.3, -0.25) is 14.8 Å². The second-order valence-corrected chi connectivity index (χ2v) is 8.92. The Labute approximate surface area is 189 Å². The van der Waals surface area contributed by atoms with E-state index in [1.807, 2.05) is 0 Å². The van der Waals surface area contributed by atoms with Crippen molar-refractivity contribution in [3.05, 3.63) is 60.3 Å². The van der Waals surface area contributed by atoms with Crippen molar-refractivity contribution < 1.29 is 18.0 Å². The third-order valence-corrected chi connectivity index (χ3v) is 6.61. The quantitative estimate of drug-likeness (QED) is 0.587. The van der Waals surface area contributed by atoms with Crippen LogP contribution < -0.4 is 10.6 Å². The average molecular weight is 455 g/mol. The Kier molecular flexibility index (Phi) is 5.42.